The van der Waals surface area contributed by atoms with Gasteiger partial charge in [0.25, 0.3) is 0 Å². The quantitative estimate of drug-likeness (QED) is 0.827. The molecule has 5 heteroatoms. The monoisotopic (exact) mass is 270 g/mol. The molecule has 0 saturated carbocycles. The lowest BCUT2D eigenvalue weighted by molar-refractivity contribution is 0.528. The van der Waals surface area contributed by atoms with E-state index in [1.165, 1.54) is 0 Å². The molecule has 0 aromatic heterocycles. The number of hydrogen-bond acceptors (Lipinski definition) is 3. The fourth-order valence-electron chi connectivity index (χ4n) is 1.54. The highest BCUT2D eigenvalue weighted by Crippen LogP contribution is 2.17. The van der Waals surface area contributed by atoms with Gasteiger partial charge in [-0.15, -0.1) is 0 Å². The molecular formula is C13H22N2O2S. The number of sulfonamides is 1. The lowest BCUT2D eigenvalue weighted by Crippen LogP contribution is -2.29. The highest BCUT2D eigenvalue weighted by atomic mass is 32.2. The molecular weight excluding hydrogens is 248 g/mol. The molecule has 0 aliphatic heterocycles. The molecule has 0 heterocycles. The van der Waals surface area contributed by atoms with Gasteiger partial charge in [0.2, 0.25) is 10.0 Å². The number of aryl methyl sites for hydroxylation is 1. The molecule has 1 aromatic rings. The Labute approximate surface area is 110 Å². The molecule has 102 valence electrons. The van der Waals surface area contributed by atoms with Crippen LogP contribution in [0.2, 0.25) is 0 Å². The minimum atomic E-state index is -3.43. The van der Waals surface area contributed by atoms with Crippen LogP contribution in [0.3, 0.4) is 0 Å². The van der Waals surface area contributed by atoms with Crippen LogP contribution in [0, 0.1) is 12.8 Å². The van der Waals surface area contributed by atoms with E-state index in [2.05, 4.69) is 4.72 Å². The number of hydrogen-bond donors (Lipinski definition) is 2. The molecule has 0 aliphatic carbocycles. The predicted molar refractivity (Wildman–Crippen MR) is 73.7 cm³/mol. The van der Waals surface area contributed by atoms with Crippen LogP contribution >= 0.6 is 0 Å². The van der Waals surface area contributed by atoms with Crippen molar-refractivity contribution in [2.75, 3.05) is 6.54 Å². The van der Waals surface area contributed by atoms with E-state index in [4.69, 9.17) is 5.73 Å². The van der Waals surface area contributed by atoms with Crippen LogP contribution in [0.15, 0.2) is 23.1 Å². The van der Waals surface area contributed by atoms with Crippen molar-refractivity contribution in [1.29, 1.82) is 0 Å². The topological polar surface area (TPSA) is 72.2 Å². The first kappa shape index (κ1) is 15.1. The van der Waals surface area contributed by atoms with E-state index < -0.39 is 10.0 Å². The summed E-state index contributed by atoms with van der Waals surface area (Å²) in [7, 11) is -3.43. The van der Waals surface area contributed by atoms with E-state index in [0.29, 0.717) is 23.9 Å². The van der Waals surface area contributed by atoms with Crippen LogP contribution < -0.4 is 10.5 Å². The molecule has 1 unspecified atom stereocenters. The van der Waals surface area contributed by atoms with Crippen LogP contribution in [-0.2, 0) is 16.6 Å². The summed E-state index contributed by atoms with van der Waals surface area (Å²) in [5.74, 6) is 0.331. The Kier molecular flexibility index (Phi) is 5.31. The van der Waals surface area contributed by atoms with Gasteiger partial charge >= 0.3 is 0 Å². The van der Waals surface area contributed by atoms with E-state index in [9.17, 15) is 8.42 Å². The molecule has 0 fully saturated rings. The Morgan fingerprint density at radius 2 is 2.06 bits per heavy atom. The van der Waals surface area contributed by atoms with Crippen molar-refractivity contribution in [2.24, 2.45) is 11.7 Å². The Bertz CT molecular complexity index is 498. The third kappa shape index (κ3) is 3.80. The maximum absolute atomic E-state index is 12.2. The van der Waals surface area contributed by atoms with Gasteiger partial charge in [0.15, 0.2) is 0 Å². The summed E-state index contributed by atoms with van der Waals surface area (Å²) in [6, 6.07) is 5.29. The van der Waals surface area contributed by atoms with Crippen molar-refractivity contribution < 1.29 is 8.42 Å². The maximum Gasteiger partial charge on any atom is 0.240 e. The molecule has 0 saturated heterocycles. The Morgan fingerprint density at radius 3 is 2.61 bits per heavy atom. The zero-order valence-corrected chi connectivity index (χ0v) is 12.0. The van der Waals surface area contributed by atoms with Crippen LogP contribution in [0.25, 0.3) is 0 Å². The molecule has 1 aromatic carbocycles. The molecule has 0 radical (unpaired) electrons. The molecule has 0 amide bonds. The molecule has 0 bridgehead atoms. The normalized spacial score (nSPS) is 13.6. The van der Waals surface area contributed by atoms with Crippen molar-refractivity contribution in [1.82, 2.24) is 4.72 Å². The number of nitrogens with one attached hydrogen (secondary N) is 1. The van der Waals surface area contributed by atoms with Crippen LogP contribution in [0.1, 0.15) is 31.4 Å². The Morgan fingerprint density at radius 1 is 1.39 bits per heavy atom. The van der Waals surface area contributed by atoms with Crippen LogP contribution in [-0.4, -0.2) is 15.0 Å². The predicted octanol–water partition coefficient (Wildman–Crippen LogP) is 1.78. The minimum Gasteiger partial charge on any atom is -0.326 e. The van der Waals surface area contributed by atoms with Gasteiger partial charge in [0, 0.05) is 13.1 Å². The SMILES string of the molecule is CCC(C)CNS(=O)(=O)c1cc(CN)ccc1C. The lowest BCUT2D eigenvalue weighted by atomic mass is 10.1. The summed E-state index contributed by atoms with van der Waals surface area (Å²) in [4.78, 5) is 0.328. The number of nitrogens with two attached hydrogens (primary N) is 1. The summed E-state index contributed by atoms with van der Waals surface area (Å²) in [5, 5.41) is 0. The third-order valence-electron chi connectivity index (χ3n) is 3.10. The van der Waals surface area contributed by atoms with Gasteiger partial charge in [-0.2, -0.15) is 0 Å². The van der Waals surface area contributed by atoms with Crippen molar-refractivity contribution >= 4 is 10.0 Å². The van der Waals surface area contributed by atoms with Crippen LogP contribution in [0.5, 0.6) is 0 Å². The van der Waals surface area contributed by atoms with Crippen LogP contribution in [0.4, 0.5) is 0 Å². The van der Waals surface area contributed by atoms with Gasteiger partial charge in [0.05, 0.1) is 4.90 Å². The van der Waals surface area contributed by atoms with Crippen molar-refractivity contribution in [3.8, 4) is 0 Å². The lowest BCUT2D eigenvalue weighted by Gasteiger charge is -2.13. The Hall–Kier alpha value is -0.910. The molecule has 1 rings (SSSR count). The van der Waals surface area contributed by atoms with Gasteiger partial charge in [-0.1, -0.05) is 32.4 Å². The van der Waals surface area contributed by atoms with Crippen molar-refractivity contribution in [2.45, 2.75) is 38.6 Å². The third-order valence-corrected chi connectivity index (χ3v) is 4.66. The molecule has 18 heavy (non-hydrogen) atoms. The van der Waals surface area contributed by atoms with E-state index in [0.717, 1.165) is 17.5 Å². The largest absolute Gasteiger partial charge is 0.326 e. The summed E-state index contributed by atoms with van der Waals surface area (Å²) in [6.45, 7) is 6.66. The fraction of sp³-hybridized carbons (Fsp3) is 0.538. The average Bonchev–Trinajstić information content (AvgIpc) is 2.36. The smallest absolute Gasteiger partial charge is 0.240 e. The number of benzene rings is 1. The number of rotatable bonds is 6. The van der Waals surface area contributed by atoms with Gasteiger partial charge in [-0.3, -0.25) is 0 Å². The zero-order chi connectivity index (χ0) is 13.8. The second kappa shape index (κ2) is 6.31. The second-order valence-corrected chi connectivity index (χ2v) is 6.40. The van der Waals surface area contributed by atoms with Gasteiger partial charge < -0.3 is 5.73 Å². The fourth-order valence-corrected chi connectivity index (χ4v) is 2.99. The average molecular weight is 270 g/mol. The summed E-state index contributed by atoms with van der Waals surface area (Å²) < 4.78 is 27.0. The van der Waals surface area contributed by atoms with E-state index in [1.54, 1.807) is 19.1 Å². The van der Waals surface area contributed by atoms with Crippen molar-refractivity contribution in [3.05, 3.63) is 29.3 Å². The second-order valence-electron chi connectivity index (χ2n) is 4.67. The molecule has 0 spiro atoms. The first-order chi connectivity index (χ1) is 8.40. The molecule has 3 N–H and O–H groups in total. The first-order valence-electron chi connectivity index (χ1n) is 6.20. The highest BCUT2D eigenvalue weighted by molar-refractivity contribution is 7.89. The Balaban J connectivity index is 2.97. The highest BCUT2D eigenvalue weighted by Gasteiger charge is 2.17. The molecule has 0 aliphatic rings. The standard InChI is InChI=1S/C13H22N2O2S/c1-4-10(2)9-15-18(16,17)13-7-12(8-14)6-5-11(13)3/h5-7,10,15H,4,8-9,14H2,1-3H3. The van der Waals surface area contributed by atoms with E-state index in [1.807, 2.05) is 19.9 Å². The van der Waals surface area contributed by atoms with Gasteiger partial charge in [-0.25, -0.2) is 13.1 Å². The van der Waals surface area contributed by atoms with E-state index in [-0.39, 0.29) is 0 Å². The summed E-state index contributed by atoms with van der Waals surface area (Å²) >= 11 is 0. The van der Waals surface area contributed by atoms with E-state index >= 15 is 0 Å². The maximum atomic E-state index is 12.2. The van der Waals surface area contributed by atoms with Gasteiger partial charge in [-0.05, 0) is 30.0 Å². The zero-order valence-electron chi connectivity index (χ0n) is 11.2. The molecule has 1 atom stereocenters. The van der Waals surface area contributed by atoms with Crippen molar-refractivity contribution in [3.63, 3.8) is 0 Å². The van der Waals surface area contributed by atoms with Gasteiger partial charge in [0.1, 0.15) is 0 Å². The first-order valence-corrected chi connectivity index (χ1v) is 7.68. The summed E-state index contributed by atoms with van der Waals surface area (Å²) in [5.41, 5.74) is 7.10. The minimum absolute atomic E-state index is 0.328. The molecule has 4 nitrogen and oxygen atoms in total. The summed E-state index contributed by atoms with van der Waals surface area (Å²) in [6.07, 6.45) is 0.949.